The molecule has 2 aliphatic rings. The highest BCUT2D eigenvalue weighted by atomic mass is 16.6. The van der Waals surface area contributed by atoms with Crippen molar-refractivity contribution in [3.05, 3.63) is 0 Å². The quantitative estimate of drug-likeness (QED) is 0.758. The molecule has 4 nitrogen and oxygen atoms in total. The lowest BCUT2D eigenvalue weighted by Gasteiger charge is -2.36. The predicted octanol–water partition coefficient (Wildman–Crippen LogP) is 2.72. The van der Waals surface area contributed by atoms with Crippen molar-refractivity contribution in [3.8, 4) is 0 Å². The Balaban J connectivity index is 1.87. The highest BCUT2D eigenvalue weighted by Gasteiger charge is 2.34. The second kappa shape index (κ2) is 4.90. The Morgan fingerprint density at radius 1 is 1.50 bits per heavy atom. The van der Waals surface area contributed by atoms with Crippen LogP contribution < -0.4 is 0 Å². The molecule has 0 aromatic rings. The van der Waals surface area contributed by atoms with Crippen molar-refractivity contribution in [2.75, 3.05) is 13.1 Å². The normalized spacial score (nSPS) is 29.0. The largest absolute Gasteiger partial charge is 0.444 e. The van der Waals surface area contributed by atoms with E-state index in [4.69, 9.17) is 4.74 Å². The molecule has 2 rings (SSSR count). The summed E-state index contributed by atoms with van der Waals surface area (Å²) in [6.07, 6.45) is 4.11. The molecule has 18 heavy (non-hydrogen) atoms. The topological polar surface area (TPSA) is 41.9 Å². The first-order valence-electron chi connectivity index (χ1n) is 6.88. The number of aliphatic imine (C=N–C) groups is 1. The average Bonchev–Trinajstić information content (AvgIpc) is 3.10. The Kier molecular flexibility index (Phi) is 3.64. The standard InChI is InChI=1S/C14H24N2O2/c1-10(12-8-15-12)11-6-5-7-16(9-11)13(17)18-14(2,3)4/h8,10-12H,5-7,9H2,1-4H3. The van der Waals surface area contributed by atoms with Crippen LogP contribution in [0.4, 0.5) is 4.79 Å². The zero-order valence-electron chi connectivity index (χ0n) is 11.8. The number of hydrogen-bond donors (Lipinski definition) is 0. The van der Waals surface area contributed by atoms with Gasteiger partial charge in [0, 0.05) is 19.3 Å². The second-order valence-corrected chi connectivity index (χ2v) is 6.48. The summed E-state index contributed by atoms with van der Waals surface area (Å²) in [7, 11) is 0. The van der Waals surface area contributed by atoms with E-state index in [1.165, 1.54) is 6.42 Å². The van der Waals surface area contributed by atoms with Gasteiger partial charge in [-0.2, -0.15) is 0 Å². The lowest BCUT2D eigenvalue weighted by molar-refractivity contribution is 0.0136. The van der Waals surface area contributed by atoms with Crippen LogP contribution in [0.15, 0.2) is 4.99 Å². The van der Waals surface area contributed by atoms with E-state index in [0.29, 0.717) is 17.9 Å². The summed E-state index contributed by atoms with van der Waals surface area (Å²) < 4.78 is 5.44. The van der Waals surface area contributed by atoms with E-state index >= 15 is 0 Å². The van der Waals surface area contributed by atoms with Crippen LogP contribution in [0, 0.1) is 11.8 Å². The van der Waals surface area contributed by atoms with Crippen molar-refractivity contribution in [1.82, 2.24) is 4.90 Å². The molecular weight excluding hydrogens is 228 g/mol. The number of likely N-dealkylation sites (tertiary alicyclic amines) is 1. The van der Waals surface area contributed by atoms with E-state index in [1.54, 1.807) is 0 Å². The lowest BCUT2D eigenvalue weighted by atomic mass is 9.84. The predicted molar refractivity (Wildman–Crippen MR) is 72.0 cm³/mol. The maximum absolute atomic E-state index is 12.0. The number of carbonyl (C=O) groups excluding carboxylic acids is 1. The fraction of sp³-hybridized carbons (Fsp3) is 0.857. The molecule has 2 heterocycles. The Morgan fingerprint density at radius 3 is 2.72 bits per heavy atom. The summed E-state index contributed by atoms with van der Waals surface area (Å²) in [5, 5.41) is 0. The Labute approximate surface area is 109 Å². The van der Waals surface area contributed by atoms with Gasteiger partial charge >= 0.3 is 6.09 Å². The summed E-state index contributed by atoms with van der Waals surface area (Å²) in [4.78, 5) is 18.1. The monoisotopic (exact) mass is 252 g/mol. The molecule has 0 spiro atoms. The number of rotatable bonds is 2. The van der Waals surface area contributed by atoms with Crippen LogP contribution in [0.25, 0.3) is 0 Å². The third-order valence-corrected chi connectivity index (χ3v) is 3.71. The van der Waals surface area contributed by atoms with Gasteiger partial charge in [0.15, 0.2) is 0 Å². The van der Waals surface area contributed by atoms with E-state index in [1.807, 2.05) is 31.9 Å². The summed E-state index contributed by atoms with van der Waals surface area (Å²) in [6, 6.07) is 0.425. The van der Waals surface area contributed by atoms with Crippen LogP contribution in [-0.2, 0) is 4.74 Å². The Hall–Kier alpha value is -1.06. The fourth-order valence-electron chi connectivity index (χ4n) is 2.53. The minimum atomic E-state index is -0.407. The molecule has 3 unspecified atom stereocenters. The molecule has 102 valence electrons. The average molecular weight is 252 g/mol. The van der Waals surface area contributed by atoms with Gasteiger partial charge in [-0.25, -0.2) is 4.79 Å². The van der Waals surface area contributed by atoms with Crippen LogP contribution in [0.1, 0.15) is 40.5 Å². The third-order valence-electron chi connectivity index (χ3n) is 3.71. The third kappa shape index (κ3) is 3.47. The van der Waals surface area contributed by atoms with E-state index in [-0.39, 0.29) is 6.09 Å². The zero-order valence-corrected chi connectivity index (χ0v) is 11.8. The van der Waals surface area contributed by atoms with Gasteiger partial charge in [0.2, 0.25) is 0 Å². The molecular formula is C14H24N2O2. The highest BCUT2D eigenvalue weighted by molar-refractivity contribution is 5.78. The van der Waals surface area contributed by atoms with Crippen LogP contribution in [-0.4, -0.2) is 41.9 Å². The summed E-state index contributed by atoms with van der Waals surface area (Å²) in [5.41, 5.74) is -0.407. The molecule has 0 aliphatic carbocycles. The number of hydrogen-bond acceptors (Lipinski definition) is 3. The van der Waals surface area contributed by atoms with E-state index in [2.05, 4.69) is 11.9 Å². The van der Waals surface area contributed by atoms with Crippen LogP contribution in [0.2, 0.25) is 0 Å². The molecule has 1 amide bonds. The van der Waals surface area contributed by atoms with E-state index in [0.717, 1.165) is 19.5 Å². The summed E-state index contributed by atoms with van der Waals surface area (Å²) >= 11 is 0. The first-order chi connectivity index (χ1) is 8.37. The first kappa shape index (κ1) is 13.4. The van der Waals surface area contributed by atoms with Gasteiger partial charge in [0.25, 0.3) is 0 Å². The zero-order chi connectivity index (χ0) is 13.3. The minimum absolute atomic E-state index is 0.170. The van der Waals surface area contributed by atoms with Gasteiger partial charge in [-0.15, -0.1) is 0 Å². The molecule has 2 aliphatic heterocycles. The number of amides is 1. The summed E-state index contributed by atoms with van der Waals surface area (Å²) in [6.45, 7) is 9.60. The molecule has 0 aromatic carbocycles. The number of piperidine rings is 1. The van der Waals surface area contributed by atoms with Gasteiger partial charge in [-0.05, 0) is 45.4 Å². The van der Waals surface area contributed by atoms with E-state index in [9.17, 15) is 4.79 Å². The SMILES string of the molecule is CC(C1CCCN(C(=O)OC(C)(C)C)C1)C1C=N1. The maximum atomic E-state index is 12.0. The van der Waals surface area contributed by atoms with Gasteiger partial charge in [0.05, 0.1) is 6.04 Å². The Morgan fingerprint density at radius 2 is 2.17 bits per heavy atom. The van der Waals surface area contributed by atoms with Crippen LogP contribution in [0.3, 0.4) is 0 Å². The smallest absolute Gasteiger partial charge is 0.410 e. The maximum Gasteiger partial charge on any atom is 0.410 e. The molecule has 0 N–H and O–H groups in total. The fourth-order valence-corrected chi connectivity index (χ4v) is 2.53. The summed E-state index contributed by atoms with van der Waals surface area (Å²) in [5.74, 6) is 1.11. The van der Waals surface area contributed by atoms with Crippen LogP contribution in [0.5, 0.6) is 0 Å². The molecule has 1 fully saturated rings. The molecule has 0 radical (unpaired) electrons. The molecule has 0 aromatic heterocycles. The molecule has 0 saturated carbocycles. The van der Waals surface area contributed by atoms with Gasteiger partial charge in [-0.1, -0.05) is 6.92 Å². The van der Waals surface area contributed by atoms with Crippen molar-refractivity contribution in [1.29, 1.82) is 0 Å². The van der Waals surface area contributed by atoms with E-state index < -0.39 is 5.60 Å². The van der Waals surface area contributed by atoms with Crippen molar-refractivity contribution in [2.45, 2.75) is 52.2 Å². The van der Waals surface area contributed by atoms with Crippen LogP contribution >= 0.6 is 0 Å². The van der Waals surface area contributed by atoms with Gasteiger partial charge < -0.3 is 9.64 Å². The van der Waals surface area contributed by atoms with Gasteiger partial charge in [0.1, 0.15) is 5.60 Å². The number of nitrogens with zero attached hydrogens (tertiary/aromatic N) is 2. The van der Waals surface area contributed by atoms with Gasteiger partial charge in [-0.3, -0.25) is 4.99 Å². The van der Waals surface area contributed by atoms with Crippen molar-refractivity contribution < 1.29 is 9.53 Å². The highest BCUT2D eigenvalue weighted by Crippen LogP contribution is 2.30. The Bertz CT molecular complexity index is 340. The second-order valence-electron chi connectivity index (χ2n) is 6.48. The van der Waals surface area contributed by atoms with Crippen molar-refractivity contribution in [2.24, 2.45) is 16.8 Å². The number of ether oxygens (including phenoxy) is 1. The molecule has 4 heteroatoms. The molecule has 0 bridgehead atoms. The van der Waals surface area contributed by atoms with Crippen molar-refractivity contribution in [3.63, 3.8) is 0 Å². The number of carbonyl (C=O) groups is 1. The van der Waals surface area contributed by atoms with Crippen molar-refractivity contribution >= 4 is 12.3 Å². The molecule has 3 atom stereocenters. The molecule has 1 saturated heterocycles. The minimum Gasteiger partial charge on any atom is -0.444 e. The first-order valence-corrected chi connectivity index (χ1v) is 6.88. The lowest BCUT2D eigenvalue weighted by Crippen LogP contribution is -2.44.